The summed E-state index contributed by atoms with van der Waals surface area (Å²) in [7, 11) is 3.04. The number of hydrogen-bond acceptors (Lipinski definition) is 6. The second-order valence-electron chi connectivity index (χ2n) is 3.35. The van der Waals surface area contributed by atoms with E-state index < -0.39 is 0 Å². The Kier molecular flexibility index (Phi) is 3.47. The van der Waals surface area contributed by atoms with Gasteiger partial charge in [0, 0.05) is 0 Å². The summed E-state index contributed by atoms with van der Waals surface area (Å²) >= 11 is 0. The molecule has 0 aliphatic heterocycles. The van der Waals surface area contributed by atoms with E-state index in [1.165, 1.54) is 13.4 Å². The molecule has 0 aliphatic rings. The summed E-state index contributed by atoms with van der Waals surface area (Å²) in [6, 6.07) is 7.22. The van der Waals surface area contributed by atoms with Crippen LogP contribution in [0.15, 0.2) is 30.6 Å². The van der Waals surface area contributed by atoms with Gasteiger partial charge < -0.3 is 19.9 Å². The molecule has 1 heterocycles. The van der Waals surface area contributed by atoms with Gasteiger partial charge in [0.25, 0.3) is 5.88 Å². The number of hydrogen-bond donors (Lipinski definition) is 1. The van der Waals surface area contributed by atoms with Gasteiger partial charge in [-0.1, -0.05) is 12.1 Å². The van der Waals surface area contributed by atoms with Gasteiger partial charge in [-0.2, -0.15) is 4.98 Å². The third kappa shape index (κ3) is 2.27. The van der Waals surface area contributed by atoms with Crippen LogP contribution < -0.4 is 19.9 Å². The minimum absolute atomic E-state index is 0.220. The lowest BCUT2D eigenvalue weighted by Gasteiger charge is -2.12. The first-order valence-corrected chi connectivity index (χ1v) is 5.21. The van der Waals surface area contributed by atoms with Crippen LogP contribution in [-0.2, 0) is 0 Å². The van der Waals surface area contributed by atoms with Crippen LogP contribution in [0, 0.1) is 0 Å². The number of anilines is 1. The Morgan fingerprint density at radius 3 is 2.39 bits per heavy atom. The van der Waals surface area contributed by atoms with Crippen molar-refractivity contribution in [2.24, 2.45) is 0 Å². The molecule has 94 valence electrons. The van der Waals surface area contributed by atoms with Gasteiger partial charge in [-0.25, -0.2) is 4.98 Å². The summed E-state index contributed by atoms with van der Waals surface area (Å²) in [6.07, 6.45) is 1.31. The van der Waals surface area contributed by atoms with Crippen molar-refractivity contribution in [2.75, 3.05) is 20.0 Å². The summed E-state index contributed by atoms with van der Waals surface area (Å²) in [5.74, 6) is 1.88. The fourth-order valence-electron chi connectivity index (χ4n) is 1.44. The van der Waals surface area contributed by atoms with E-state index in [-0.39, 0.29) is 11.7 Å². The molecule has 0 saturated carbocycles. The lowest BCUT2D eigenvalue weighted by molar-refractivity contribution is 0.348. The molecule has 0 fully saturated rings. The highest BCUT2D eigenvalue weighted by molar-refractivity contribution is 5.53. The number of benzene rings is 1. The molecule has 0 aliphatic carbocycles. The fraction of sp³-hybridized carbons (Fsp3) is 0.167. The summed E-state index contributed by atoms with van der Waals surface area (Å²) < 4.78 is 15.9. The number of nitrogen functional groups attached to an aromatic ring is 1. The van der Waals surface area contributed by atoms with E-state index in [9.17, 15) is 0 Å². The van der Waals surface area contributed by atoms with Crippen LogP contribution in [0.5, 0.6) is 23.1 Å². The van der Waals surface area contributed by atoms with Crippen molar-refractivity contribution < 1.29 is 14.2 Å². The molecule has 6 nitrogen and oxygen atoms in total. The second-order valence-corrected chi connectivity index (χ2v) is 3.35. The largest absolute Gasteiger partial charge is 0.493 e. The third-order valence-corrected chi connectivity index (χ3v) is 2.28. The van der Waals surface area contributed by atoms with Gasteiger partial charge in [0.15, 0.2) is 17.3 Å². The third-order valence-electron chi connectivity index (χ3n) is 2.28. The minimum atomic E-state index is 0.220. The average molecular weight is 247 g/mol. The molecular formula is C12H13N3O3. The Hall–Kier alpha value is -2.50. The number of nitrogens with two attached hydrogens (primary N) is 1. The summed E-state index contributed by atoms with van der Waals surface area (Å²) in [4.78, 5) is 7.81. The monoisotopic (exact) mass is 247 g/mol. The Morgan fingerprint density at radius 1 is 1.00 bits per heavy atom. The Labute approximate surface area is 104 Å². The van der Waals surface area contributed by atoms with Gasteiger partial charge in [0.05, 0.1) is 14.2 Å². The molecule has 2 N–H and O–H groups in total. The molecule has 1 aromatic heterocycles. The number of rotatable bonds is 4. The summed E-state index contributed by atoms with van der Waals surface area (Å²) in [6.45, 7) is 0. The van der Waals surface area contributed by atoms with Gasteiger partial charge in [-0.05, 0) is 12.1 Å². The normalized spacial score (nSPS) is 9.89. The van der Waals surface area contributed by atoms with Crippen molar-refractivity contribution in [2.45, 2.75) is 0 Å². The lowest BCUT2D eigenvalue weighted by Crippen LogP contribution is -2.00. The van der Waals surface area contributed by atoms with Crippen molar-refractivity contribution in [1.82, 2.24) is 9.97 Å². The first kappa shape index (κ1) is 12.0. The fourth-order valence-corrected chi connectivity index (χ4v) is 1.44. The highest BCUT2D eigenvalue weighted by Gasteiger charge is 2.13. The van der Waals surface area contributed by atoms with Crippen LogP contribution in [-0.4, -0.2) is 24.2 Å². The van der Waals surface area contributed by atoms with Gasteiger partial charge >= 0.3 is 0 Å². The predicted molar refractivity (Wildman–Crippen MR) is 66.1 cm³/mol. The maximum Gasteiger partial charge on any atom is 0.268 e. The molecule has 0 amide bonds. The average Bonchev–Trinajstić information content (AvgIpc) is 2.40. The molecule has 2 aromatic rings. The first-order valence-electron chi connectivity index (χ1n) is 5.21. The number of nitrogens with zero attached hydrogens (tertiary/aromatic N) is 2. The molecule has 0 radical (unpaired) electrons. The molecule has 6 heteroatoms. The summed E-state index contributed by atoms with van der Waals surface area (Å²) in [5, 5.41) is 0. The molecule has 0 atom stereocenters. The topological polar surface area (TPSA) is 79.5 Å². The van der Waals surface area contributed by atoms with E-state index in [1.54, 1.807) is 19.2 Å². The molecule has 0 spiro atoms. The van der Waals surface area contributed by atoms with Gasteiger partial charge in [0.2, 0.25) is 5.75 Å². The van der Waals surface area contributed by atoms with E-state index in [2.05, 4.69) is 9.97 Å². The highest BCUT2D eigenvalue weighted by atomic mass is 16.5. The zero-order valence-electron chi connectivity index (χ0n) is 10.1. The van der Waals surface area contributed by atoms with Crippen LogP contribution in [0.4, 0.5) is 5.82 Å². The SMILES string of the molecule is COc1ccccc1Oc1ncnc(N)c1OC. The van der Waals surface area contributed by atoms with E-state index >= 15 is 0 Å². The number of ether oxygens (including phenoxy) is 3. The Bertz CT molecular complexity index is 546. The maximum atomic E-state index is 5.67. The molecule has 0 unspecified atom stereocenters. The number of para-hydroxylation sites is 2. The second kappa shape index (κ2) is 5.22. The molecule has 2 rings (SSSR count). The van der Waals surface area contributed by atoms with Crippen LogP contribution in [0.1, 0.15) is 0 Å². The Morgan fingerprint density at radius 2 is 1.72 bits per heavy atom. The predicted octanol–water partition coefficient (Wildman–Crippen LogP) is 1.87. The van der Waals surface area contributed by atoms with Crippen molar-refractivity contribution in [3.05, 3.63) is 30.6 Å². The molecule has 0 bridgehead atoms. The van der Waals surface area contributed by atoms with Gasteiger partial charge in [-0.15, -0.1) is 0 Å². The quantitative estimate of drug-likeness (QED) is 0.888. The van der Waals surface area contributed by atoms with E-state index in [0.717, 1.165) is 0 Å². The molecule has 1 aromatic carbocycles. The van der Waals surface area contributed by atoms with Crippen molar-refractivity contribution in [3.8, 4) is 23.1 Å². The van der Waals surface area contributed by atoms with Crippen LogP contribution >= 0.6 is 0 Å². The number of aromatic nitrogens is 2. The molecule has 0 saturated heterocycles. The van der Waals surface area contributed by atoms with Crippen LogP contribution in [0.25, 0.3) is 0 Å². The molecule has 18 heavy (non-hydrogen) atoms. The van der Waals surface area contributed by atoms with Crippen LogP contribution in [0.2, 0.25) is 0 Å². The van der Waals surface area contributed by atoms with E-state index in [4.69, 9.17) is 19.9 Å². The van der Waals surface area contributed by atoms with Crippen molar-refractivity contribution in [1.29, 1.82) is 0 Å². The first-order chi connectivity index (χ1) is 8.76. The smallest absolute Gasteiger partial charge is 0.268 e. The van der Waals surface area contributed by atoms with Gasteiger partial charge in [0.1, 0.15) is 6.33 Å². The highest BCUT2D eigenvalue weighted by Crippen LogP contribution is 2.36. The maximum absolute atomic E-state index is 5.67. The lowest BCUT2D eigenvalue weighted by atomic mass is 10.3. The van der Waals surface area contributed by atoms with Crippen molar-refractivity contribution in [3.63, 3.8) is 0 Å². The summed E-state index contributed by atoms with van der Waals surface area (Å²) in [5.41, 5.74) is 5.67. The number of methoxy groups -OCH3 is 2. The van der Waals surface area contributed by atoms with Crippen molar-refractivity contribution >= 4 is 5.82 Å². The van der Waals surface area contributed by atoms with Crippen LogP contribution in [0.3, 0.4) is 0 Å². The van der Waals surface area contributed by atoms with E-state index in [1.807, 2.05) is 12.1 Å². The van der Waals surface area contributed by atoms with Gasteiger partial charge in [-0.3, -0.25) is 0 Å². The molecular weight excluding hydrogens is 234 g/mol. The zero-order valence-corrected chi connectivity index (χ0v) is 10.1. The Balaban J connectivity index is 2.37. The minimum Gasteiger partial charge on any atom is -0.493 e. The zero-order chi connectivity index (χ0) is 13.0. The standard InChI is InChI=1S/C12H13N3O3/c1-16-8-5-3-4-6-9(8)18-12-10(17-2)11(13)14-7-15-12/h3-7H,1-2H3,(H2,13,14,15). The van der Waals surface area contributed by atoms with E-state index in [0.29, 0.717) is 17.2 Å².